The summed E-state index contributed by atoms with van der Waals surface area (Å²) in [5.74, 6) is 1.58. The molecule has 0 aliphatic rings. The van der Waals surface area contributed by atoms with Crippen molar-refractivity contribution in [3.8, 4) is 11.5 Å². The minimum atomic E-state index is -0.0733. The molecule has 2 aromatic carbocycles. The zero-order chi connectivity index (χ0) is 17.4. The number of nitrogens with zero attached hydrogens (tertiary/aromatic N) is 1. The number of hydrogen-bond acceptors (Lipinski definition) is 3. The fraction of sp³-hybridized carbons (Fsp3) is 0.429. The van der Waals surface area contributed by atoms with E-state index in [1.165, 1.54) is 5.69 Å². The van der Waals surface area contributed by atoms with Gasteiger partial charge in [-0.1, -0.05) is 43.7 Å². The molecule has 0 spiro atoms. The van der Waals surface area contributed by atoms with Crippen LogP contribution in [-0.2, 0) is 0 Å². The SMILES string of the molecule is CCCCN(c1ccccc1)C(C)Oc1ccccc1OC(C)C. The van der Waals surface area contributed by atoms with Crippen molar-refractivity contribution in [2.45, 2.75) is 52.9 Å². The molecule has 0 saturated heterocycles. The molecule has 0 N–H and O–H groups in total. The average molecular weight is 327 g/mol. The Balaban J connectivity index is 2.17. The lowest BCUT2D eigenvalue weighted by atomic mass is 10.2. The zero-order valence-corrected chi connectivity index (χ0v) is 15.2. The van der Waals surface area contributed by atoms with E-state index in [2.05, 4.69) is 43.0 Å². The first-order valence-electron chi connectivity index (χ1n) is 8.85. The van der Waals surface area contributed by atoms with Crippen molar-refractivity contribution in [1.29, 1.82) is 0 Å². The standard InChI is InChI=1S/C21H29NO2/c1-5-6-16-22(19-12-8-7-9-13-19)18(4)24-21-15-11-10-14-20(21)23-17(2)3/h7-15,17-18H,5-6,16H2,1-4H3. The maximum absolute atomic E-state index is 6.26. The highest BCUT2D eigenvalue weighted by atomic mass is 16.5. The fourth-order valence-electron chi connectivity index (χ4n) is 2.61. The summed E-state index contributed by atoms with van der Waals surface area (Å²) in [6.45, 7) is 9.32. The van der Waals surface area contributed by atoms with Crippen molar-refractivity contribution in [1.82, 2.24) is 0 Å². The average Bonchev–Trinajstić information content (AvgIpc) is 2.57. The van der Waals surface area contributed by atoms with Gasteiger partial charge in [-0.05, 0) is 51.5 Å². The molecule has 0 saturated carbocycles. The van der Waals surface area contributed by atoms with E-state index in [0.717, 1.165) is 30.9 Å². The van der Waals surface area contributed by atoms with Gasteiger partial charge in [-0.25, -0.2) is 0 Å². The molecular weight excluding hydrogens is 298 g/mol. The Hall–Kier alpha value is -2.16. The Morgan fingerprint density at radius 2 is 1.42 bits per heavy atom. The fourth-order valence-corrected chi connectivity index (χ4v) is 2.61. The van der Waals surface area contributed by atoms with Crippen LogP contribution in [0.5, 0.6) is 11.5 Å². The molecule has 0 aliphatic heterocycles. The summed E-state index contributed by atoms with van der Waals surface area (Å²) in [6.07, 6.45) is 2.33. The summed E-state index contributed by atoms with van der Waals surface area (Å²) in [6, 6.07) is 18.3. The quantitative estimate of drug-likeness (QED) is 0.567. The Morgan fingerprint density at radius 3 is 2.00 bits per heavy atom. The van der Waals surface area contributed by atoms with E-state index in [4.69, 9.17) is 9.47 Å². The highest BCUT2D eigenvalue weighted by Crippen LogP contribution is 2.30. The summed E-state index contributed by atoms with van der Waals surface area (Å²) >= 11 is 0. The molecular formula is C21H29NO2. The van der Waals surface area contributed by atoms with Crippen molar-refractivity contribution in [3.05, 3.63) is 54.6 Å². The highest BCUT2D eigenvalue weighted by Gasteiger charge is 2.17. The number of rotatable bonds is 9. The van der Waals surface area contributed by atoms with Gasteiger partial charge in [0.1, 0.15) is 0 Å². The second-order valence-electron chi connectivity index (χ2n) is 6.21. The molecule has 130 valence electrons. The number of benzene rings is 2. The lowest BCUT2D eigenvalue weighted by Gasteiger charge is -2.32. The number of unbranched alkanes of at least 4 members (excludes halogenated alkanes) is 1. The van der Waals surface area contributed by atoms with Crippen molar-refractivity contribution in [2.75, 3.05) is 11.4 Å². The van der Waals surface area contributed by atoms with Crippen LogP contribution >= 0.6 is 0 Å². The van der Waals surface area contributed by atoms with Crippen LogP contribution in [0.2, 0.25) is 0 Å². The van der Waals surface area contributed by atoms with Gasteiger partial charge in [-0.15, -0.1) is 0 Å². The predicted octanol–water partition coefficient (Wildman–Crippen LogP) is 5.51. The van der Waals surface area contributed by atoms with Crippen LogP contribution < -0.4 is 14.4 Å². The van der Waals surface area contributed by atoms with Crippen molar-refractivity contribution >= 4 is 5.69 Å². The first-order valence-corrected chi connectivity index (χ1v) is 8.85. The summed E-state index contributed by atoms with van der Waals surface area (Å²) in [5, 5.41) is 0. The van der Waals surface area contributed by atoms with Crippen LogP contribution in [0.1, 0.15) is 40.5 Å². The van der Waals surface area contributed by atoms with Crippen LogP contribution in [0.3, 0.4) is 0 Å². The summed E-state index contributed by atoms with van der Waals surface area (Å²) in [4.78, 5) is 2.30. The normalized spacial score (nSPS) is 12.0. The summed E-state index contributed by atoms with van der Waals surface area (Å²) < 4.78 is 12.1. The Morgan fingerprint density at radius 1 is 0.833 bits per heavy atom. The van der Waals surface area contributed by atoms with Gasteiger partial charge >= 0.3 is 0 Å². The minimum Gasteiger partial charge on any atom is -0.487 e. The van der Waals surface area contributed by atoms with Gasteiger partial charge in [0, 0.05) is 12.2 Å². The van der Waals surface area contributed by atoms with E-state index in [1.54, 1.807) is 0 Å². The van der Waals surface area contributed by atoms with Crippen LogP contribution in [0.15, 0.2) is 54.6 Å². The third-order valence-corrected chi connectivity index (χ3v) is 3.79. The van der Waals surface area contributed by atoms with E-state index in [1.807, 2.05) is 44.2 Å². The van der Waals surface area contributed by atoms with Crippen LogP contribution in [0.4, 0.5) is 5.69 Å². The van der Waals surface area contributed by atoms with Gasteiger partial charge in [-0.3, -0.25) is 0 Å². The highest BCUT2D eigenvalue weighted by molar-refractivity contribution is 5.47. The molecule has 3 heteroatoms. The predicted molar refractivity (Wildman–Crippen MR) is 101 cm³/mol. The molecule has 0 bridgehead atoms. The monoisotopic (exact) mass is 327 g/mol. The molecule has 0 amide bonds. The molecule has 1 atom stereocenters. The van der Waals surface area contributed by atoms with Crippen LogP contribution in [0.25, 0.3) is 0 Å². The second-order valence-corrected chi connectivity index (χ2v) is 6.21. The van der Waals surface area contributed by atoms with Crippen molar-refractivity contribution in [3.63, 3.8) is 0 Å². The molecule has 0 fully saturated rings. The smallest absolute Gasteiger partial charge is 0.169 e. The Bertz CT molecular complexity index is 598. The van der Waals surface area contributed by atoms with Crippen molar-refractivity contribution < 1.29 is 9.47 Å². The summed E-state index contributed by atoms with van der Waals surface area (Å²) in [5.41, 5.74) is 1.18. The van der Waals surface area contributed by atoms with Gasteiger partial charge < -0.3 is 14.4 Å². The maximum Gasteiger partial charge on any atom is 0.169 e. The first kappa shape index (κ1) is 18.2. The van der Waals surface area contributed by atoms with Crippen molar-refractivity contribution in [2.24, 2.45) is 0 Å². The maximum atomic E-state index is 6.26. The summed E-state index contributed by atoms with van der Waals surface area (Å²) in [7, 11) is 0. The molecule has 3 nitrogen and oxygen atoms in total. The molecule has 0 heterocycles. The van der Waals surface area contributed by atoms with E-state index in [-0.39, 0.29) is 12.3 Å². The van der Waals surface area contributed by atoms with Crippen LogP contribution in [0, 0.1) is 0 Å². The number of para-hydroxylation sites is 3. The van der Waals surface area contributed by atoms with E-state index in [9.17, 15) is 0 Å². The van der Waals surface area contributed by atoms with Gasteiger partial charge in [-0.2, -0.15) is 0 Å². The molecule has 0 aromatic heterocycles. The Kier molecular flexibility index (Phi) is 6.98. The van der Waals surface area contributed by atoms with Crippen LogP contribution in [-0.4, -0.2) is 18.9 Å². The Labute approximate surface area is 146 Å². The third kappa shape index (κ3) is 5.19. The number of anilines is 1. The second kappa shape index (κ2) is 9.21. The van der Waals surface area contributed by atoms with E-state index >= 15 is 0 Å². The minimum absolute atomic E-state index is 0.0733. The van der Waals surface area contributed by atoms with E-state index in [0.29, 0.717) is 0 Å². The lowest BCUT2D eigenvalue weighted by molar-refractivity contribution is 0.184. The topological polar surface area (TPSA) is 21.7 Å². The zero-order valence-electron chi connectivity index (χ0n) is 15.2. The molecule has 2 aromatic rings. The number of hydrogen-bond donors (Lipinski definition) is 0. The lowest BCUT2D eigenvalue weighted by Crippen LogP contribution is -2.38. The van der Waals surface area contributed by atoms with Gasteiger partial charge in [0.2, 0.25) is 0 Å². The number of ether oxygens (including phenoxy) is 2. The molecule has 24 heavy (non-hydrogen) atoms. The molecule has 1 unspecified atom stereocenters. The van der Waals surface area contributed by atoms with Gasteiger partial charge in [0.15, 0.2) is 17.7 Å². The van der Waals surface area contributed by atoms with Gasteiger partial charge in [0.05, 0.1) is 6.10 Å². The third-order valence-electron chi connectivity index (χ3n) is 3.79. The molecule has 2 rings (SSSR count). The van der Waals surface area contributed by atoms with E-state index < -0.39 is 0 Å². The largest absolute Gasteiger partial charge is 0.487 e. The van der Waals surface area contributed by atoms with Gasteiger partial charge in [0.25, 0.3) is 0 Å². The molecule has 0 radical (unpaired) electrons. The first-order chi connectivity index (χ1) is 11.6. The molecule has 0 aliphatic carbocycles.